The van der Waals surface area contributed by atoms with Crippen LogP contribution < -0.4 is 16.0 Å². The van der Waals surface area contributed by atoms with Gasteiger partial charge in [-0.15, -0.1) is 0 Å². The zero-order valence-corrected chi connectivity index (χ0v) is 27.3. The molecule has 1 aliphatic carbocycles. The average molecular weight is 597 g/mol. The molecule has 11 heteroatoms. The van der Waals surface area contributed by atoms with Crippen LogP contribution in [0.25, 0.3) is 0 Å². The van der Waals surface area contributed by atoms with E-state index in [-0.39, 0.29) is 31.3 Å². The van der Waals surface area contributed by atoms with E-state index in [1.165, 1.54) is 19.3 Å². The molecular weight excluding hydrogens is 537 g/mol. The summed E-state index contributed by atoms with van der Waals surface area (Å²) in [6.45, 7) is 19.1. The van der Waals surface area contributed by atoms with E-state index < -0.39 is 17.7 Å². The fourth-order valence-electron chi connectivity index (χ4n) is 3.33. The molecule has 2 rings (SSSR count). The van der Waals surface area contributed by atoms with Gasteiger partial charge in [-0.25, -0.2) is 4.79 Å². The van der Waals surface area contributed by atoms with Crippen LogP contribution in [0.3, 0.4) is 0 Å². The number of rotatable bonds is 9. The zero-order chi connectivity index (χ0) is 32.6. The Hall–Kier alpha value is -2.33. The van der Waals surface area contributed by atoms with Gasteiger partial charge in [0.1, 0.15) is 11.3 Å². The SMILES string of the molecule is CC(C)C.CC1CCCN1C(=O)CNC(=O)NC1(C(F)(F)F)CC1.CCC.CCC(C)CCCC(C)=O.CNC=O. The summed E-state index contributed by atoms with van der Waals surface area (Å²) in [4.78, 5) is 44.5. The van der Waals surface area contributed by atoms with E-state index in [9.17, 15) is 27.6 Å². The average Bonchev–Trinajstić information content (AvgIpc) is 3.54. The number of likely N-dealkylation sites (tertiary alicyclic amines) is 1. The Bertz CT molecular complexity index is 712. The first kappa shape index (κ1) is 43.1. The molecule has 3 N–H and O–H groups in total. The molecule has 4 amide bonds. The van der Waals surface area contributed by atoms with Gasteiger partial charge in [0.25, 0.3) is 0 Å². The van der Waals surface area contributed by atoms with Gasteiger partial charge in [-0.2, -0.15) is 13.2 Å². The van der Waals surface area contributed by atoms with Gasteiger partial charge in [0.2, 0.25) is 12.3 Å². The topological polar surface area (TPSA) is 108 Å². The molecule has 8 nitrogen and oxygen atoms in total. The number of halogens is 3. The second-order valence-electron chi connectivity index (χ2n) is 11.4. The Kier molecular flexibility index (Phi) is 25.5. The van der Waals surface area contributed by atoms with Gasteiger partial charge < -0.3 is 25.6 Å². The number of alkyl halides is 3. The summed E-state index contributed by atoms with van der Waals surface area (Å²) in [6.07, 6.45) is 3.31. The molecular formula is C30H59F3N4O4. The molecule has 2 unspecified atom stereocenters. The quantitative estimate of drug-likeness (QED) is 0.260. The molecule has 1 saturated carbocycles. The maximum Gasteiger partial charge on any atom is 0.411 e. The Labute approximate surface area is 247 Å². The van der Waals surface area contributed by atoms with Crippen molar-refractivity contribution >= 4 is 24.1 Å². The Morgan fingerprint density at radius 1 is 1.07 bits per heavy atom. The minimum absolute atomic E-state index is 0.110. The molecule has 2 aliphatic rings. The first-order valence-electron chi connectivity index (χ1n) is 15.0. The van der Waals surface area contributed by atoms with Gasteiger partial charge in [0.05, 0.1) is 6.54 Å². The predicted molar refractivity (Wildman–Crippen MR) is 161 cm³/mol. The van der Waals surface area contributed by atoms with Crippen molar-refractivity contribution in [2.24, 2.45) is 11.8 Å². The summed E-state index contributed by atoms with van der Waals surface area (Å²) in [5.74, 6) is 1.68. The lowest BCUT2D eigenvalue weighted by molar-refractivity contribution is -0.162. The lowest BCUT2D eigenvalue weighted by Gasteiger charge is -2.23. The molecule has 244 valence electrons. The number of ketones is 1. The van der Waals surface area contributed by atoms with Crippen LogP contribution in [0.2, 0.25) is 0 Å². The van der Waals surface area contributed by atoms with E-state index in [0.717, 1.165) is 37.5 Å². The molecule has 2 atom stereocenters. The van der Waals surface area contributed by atoms with Crippen molar-refractivity contribution in [1.29, 1.82) is 0 Å². The fraction of sp³-hybridized carbons (Fsp3) is 0.867. The number of urea groups is 1. The molecule has 1 saturated heterocycles. The molecule has 0 aromatic carbocycles. The highest BCUT2D eigenvalue weighted by atomic mass is 19.4. The van der Waals surface area contributed by atoms with Crippen molar-refractivity contribution in [3.05, 3.63) is 0 Å². The molecule has 0 spiro atoms. The van der Waals surface area contributed by atoms with Crippen molar-refractivity contribution in [3.63, 3.8) is 0 Å². The molecule has 0 bridgehead atoms. The summed E-state index contributed by atoms with van der Waals surface area (Å²) < 4.78 is 37.9. The molecule has 0 aromatic rings. The van der Waals surface area contributed by atoms with Crippen molar-refractivity contribution in [1.82, 2.24) is 20.9 Å². The number of carbonyl (C=O) groups is 4. The van der Waals surface area contributed by atoms with Crippen molar-refractivity contribution in [3.8, 4) is 0 Å². The largest absolute Gasteiger partial charge is 0.411 e. The van der Waals surface area contributed by atoms with Gasteiger partial charge in [0, 0.05) is 26.1 Å². The van der Waals surface area contributed by atoms with Crippen molar-refractivity contribution < 1.29 is 32.3 Å². The van der Waals surface area contributed by atoms with E-state index in [2.05, 4.69) is 59.1 Å². The number of hydrogen-bond donors (Lipinski definition) is 3. The lowest BCUT2D eigenvalue weighted by Crippen LogP contribution is -2.53. The Morgan fingerprint density at radius 3 is 1.88 bits per heavy atom. The second kappa shape index (κ2) is 24.3. The normalized spacial score (nSPS) is 16.9. The molecule has 0 aromatic heterocycles. The van der Waals surface area contributed by atoms with E-state index >= 15 is 0 Å². The fourth-order valence-corrected chi connectivity index (χ4v) is 3.33. The minimum Gasteiger partial charge on any atom is -0.362 e. The van der Waals surface area contributed by atoms with Crippen LogP contribution in [0.5, 0.6) is 0 Å². The highest BCUT2D eigenvalue weighted by molar-refractivity contribution is 5.84. The van der Waals surface area contributed by atoms with E-state index in [4.69, 9.17) is 4.79 Å². The predicted octanol–water partition coefficient (Wildman–Crippen LogP) is 6.62. The minimum atomic E-state index is -4.45. The van der Waals surface area contributed by atoms with Gasteiger partial charge in [0.15, 0.2) is 0 Å². The molecule has 1 aliphatic heterocycles. The van der Waals surface area contributed by atoms with Crippen LogP contribution in [0.4, 0.5) is 18.0 Å². The monoisotopic (exact) mass is 596 g/mol. The number of hydrogen-bond acceptors (Lipinski definition) is 4. The third-order valence-corrected chi connectivity index (χ3v) is 5.96. The maximum atomic E-state index is 12.6. The Balaban J connectivity index is -0.000000572. The van der Waals surface area contributed by atoms with Gasteiger partial charge in [-0.1, -0.05) is 67.7 Å². The van der Waals surface area contributed by atoms with Crippen LogP contribution >= 0.6 is 0 Å². The lowest BCUT2D eigenvalue weighted by atomic mass is 10.0. The summed E-state index contributed by atoms with van der Waals surface area (Å²) in [5, 5.41) is 6.38. The summed E-state index contributed by atoms with van der Waals surface area (Å²) in [7, 11) is 1.56. The third kappa shape index (κ3) is 24.0. The highest BCUT2D eigenvalue weighted by Gasteiger charge is 2.64. The summed E-state index contributed by atoms with van der Waals surface area (Å²) in [6, 6.07) is -0.822. The standard InChI is InChI=1S/C12H18F3N3O2.C9H18O.C4H10.C3H8.C2H5NO/c1-8-3-2-6-18(8)9(19)7-16-10(20)17-11(4-5-11)12(13,14)15;1-4-8(2)6-5-7-9(3)10;1-4(2)3;1-3-2;1-3-2-4/h8H,2-7H2,1H3,(H2,16,17,20);8H,4-7H2,1-3H3;4H,1-3H3;3H2,1-2H3;2H,1H3,(H,3,4). The first-order chi connectivity index (χ1) is 19.0. The highest BCUT2D eigenvalue weighted by Crippen LogP contribution is 2.48. The molecule has 2 fully saturated rings. The zero-order valence-electron chi connectivity index (χ0n) is 27.3. The summed E-state index contributed by atoms with van der Waals surface area (Å²) in [5.41, 5.74) is -2.10. The van der Waals surface area contributed by atoms with E-state index in [1.807, 2.05) is 12.2 Å². The van der Waals surface area contributed by atoms with Gasteiger partial charge in [-0.05, 0) is 57.8 Å². The number of carbonyl (C=O) groups excluding carboxylic acids is 4. The second-order valence-corrected chi connectivity index (χ2v) is 11.4. The number of Topliss-reactive ketones (excluding diaryl/α,β-unsaturated/α-hetero) is 1. The smallest absolute Gasteiger partial charge is 0.362 e. The van der Waals surface area contributed by atoms with Crippen molar-refractivity contribution in [2.45, 2.75) is 138 Å². The van der Waals surface area contributed by atoms with Crippen LogP contribution in [0, 0.1) is 11.8 Å². The first-order valence-corrected chi connectivity index (χ1v) is 15.0. The summed E-state index contributed by atoms with van der Waals surface area (Å²) >= 11 is 0. The molecule has 41 heavy (non-hydrogen) atoms. The molecule has 0 radical (unpaired) electrons. The van der Waals surface area contributed by atoms with Crippen LogP contribution in [-0.2, 0) is 14.4 Å². The van der Waals surface area contributed by atoms with Crippen LogP contribution in [0.1, 0.15) is 120 Å². The molecule has 1 heterocycles. The van der Waals surface area contributed by atoms with Crippen LogP contribution in [0.15, 0.2) is 0 Å². The number of nitrogens with zero attached hydrogens (tertiary/aromatic N) is 1. The van der Waals surface area contributed by atoms with E-state index in [0.29, 0.717) is 18.7 Å². The van der Waals surface area contributed by atoms with Crippen molar-refractivity contribution in [2.75, 3.05) is 20.1 Å². The maximum absolute atomic E-state index is 12.6. The number of amides is 4. The third-order valence-electron chi connectivity index (χ3n) is 5.96. The van der Waals surface area contributed by atoms with Crippen LogP contribution in [-0.4, -0.2) is 66.9 Å². The number of nitrogens with one attached hydrogen (secondary N) is 3. The van der Waals surface area contributed by atoms with Gasteiger partial charge in [-0.3, -0.25) is 9.59 Å². The van der Waals surface area contributed by atoms with E-state index in [1.54, 1.807) is 18.9 Å². The Morgan fingerprint density at radius 2 is 1.56 bits per heavy atom. The van der Waals surface area contributed by atoms with Gasteiger partial charge >= 0.3 is 12.2 Å².